The maximum Gasteiger partial charge on any atom is 0.364 e. The number of aliphatic carboxylic acids is 1. The number of ether oxygens (including phenoxy) is 10. The van der Waals surface area contributed by atoms with Gasteiger partial charge in [-0.3, -0.25) is 14.4 Å². The number of carbonyl (C=O) groups excluding carboxylic acids is 3. The molecule has 20 N–H and O–H groups in total. The van der Waals surface area contributed by atoms with Gasteiger partial charge in [0.2, 0.25) is 17.7 Å². The van der Waals surface area contributed by atoms with E-state index in [-0.39, 0.29) is 12.3 Å². The molecule has 107 heavy (non-hydrogen) atoms. The number of aliphatic hydroxyl groups is 16. The highest BCUT2D eigenvalue weighted by molar-refractivity contribution is 5.77. The highest BCUT2D eigenvalue weighted by Crippen LogP contribution is 2.41. The van der Waals surface area contributed by atoms with Gasteiger partial charge >= 0.3 is 5.97 Å². The Morgan fingerprint density at radius 3 is 1.44 bits per heavy atom. The van der Waals surface area contributed by atoms with Gasteiger partial charge in [0.1, 0.15) is 116 Å². The molecule has 34 nitrogen and oxygen atoms in total. The molecule has 5 aliphatic rings. The van der Waals surface area contributed by atoms with Crippen LogP contribution in [0.4, 0.5) is 0 Å². The van der Waals surface area contributed by atoms with Gasteiger partial charge in [0.05, 0.1) is 63.9 Å². The van der Waals surface area contributed by atoms with Crippen molar-refractivity contribution in [1.29, 1.82) is 0 Å². The van der Waals surface area contributed by atoms with Crippen molar-refractivity contribution in [1.82, 2.24) is 16.0 Å². The topological polar surface area (TPSA) is 541 Å². The number of allylic oxidation sites excluding steroid dienone is 1. The molecule has 28 atom stereocenters. The van der Waals surface area contributed by atoms with Gasteiger partial charge in [-0.2, -0.15) is 0 Å². The van der Waals surface area contributed by atoms with Crippen LogP contribution in [0.3, 0.4) is 0 Å². The van der Waals surface area contributed by atoms with Crippen LogP contribution in [0.2, 0.25) is 0 Å². The second kappa shape index (κ2) is 49.9. The fourth-order valence-electron chi connectivity index (χ4n) is 14.3. The smallest absolute Gasteiger partial charge is 0.364 e. The molecule has 3 amide bonds. The number of amides is 3. The lowest BCUT2D eigenvalue weighted by Crippen LogP contribution is -2.72. The Hall–Kier alpha value is -3.42. The lowest BCUT2D eigenvalue weighted by atomic mass is 9.88. The van der Waals surface area contributed by atoms with Crippen molar-refractivity contribution in [3.8, 4) is 0 Å². The van der Waals surface area contributed by atoms with Crippen molar-refractivity contribution in [2.24, 2.45) is 0 Å². The number of carbonyl (C=O) groups is 4. The first-order chi connectivity index (χ1) is 51.3. The minimum atomic E-state index is -3.38. The molecule has 5 rings (SSSR count). The third-order valence-electron chi connectivity index (χ3n) is 20.6. The van der Waals surface area contributed by atoms with Crippen molar-refractivity contribution in [3.63, 3.8) is 0 Å². The highest BCUT2D eigenvalue weighted by Gasteiger charge is 2.62. The molecule has 0 aliphatic carbocycles. The van der Waals surface area contributed by atoms with Crippen LogP contribution in [0.25, 0.3) is 0 Å². The zero-order valence-electron chi connectivity index (χ0n) is 62.8. The van der Waals surface area contributed by atoms with E-state index < -0.39 is 235 Å². The van der Waals surface area contributed by atoms with E-state index in [1.54, 1.807) is 6.08 Å². The summed E-state index contributed by atoms with van der Waals surface area (Å²) < 4.78 is 60.1. The second-order valence-electron chi connectivity index (χ2n) is 29.3. The average molecular weight is 1550 g/mol. The van der Waals surface area contributed by atoms with E-state index in [0.29, 0.717) is 12.8 Å². The van der Waals surface area contributed by atoms with Crippen molar-refractivity contribution in [2.45, 2.75) is 385 Å². The Labute approximate surface area is 627 Å². The number of aliphatic hydroxyl groups excluding tert-OH is 16. The second-order valence-corrected chi connectivity index (χ2v) is 29.3. The van der Waals surface area contributed by atoms with E-state index in [4.69, 9.17) is 47.4 Å². The van der Waals surface area contributed by atoms with Gasteiger partial charge in [0.15, 0.2) is 25.2 Å². The zero-order valence-corrected chi connectivity index (χ0v) is 62.8. The third-order valence-corrected chi connectivity index (χ3v) is 20.6. The summed E-state index contributed by atoms with van der Waals surface area (Å²) in [6, 6.07) is -4.81. The van der Waals surface area contributed by atoms with Gasteiger partial charge in [-0.25, -0.2) is 4.79 Å². The first-order valence-corrected chi connectivity index (χ1v) is 39.1. The minimum Gasteiger partial charge on any atom is -0.477 e. The molecule has 10 unspecified atom stereocenters. The Morgan fingerprint density at radius 2 is 0.925 bits per heavy atom. The third kappa shape index (κ3) is 29.2. The normalized spacial score (nSPS) is 34.6. The van der Waals surface area contributed by atoms with E-state index in [2.05, 4.69) is 29.8 Å². The van der Waals surface area contributed by atoms with Crippen LogP contribution in [-0.2, 0) is 66.5 Å². The first-order valence-electron chi connectivity index (χ1n) is 39.1. The SMILES string of the molecule is CCCCCCCCCCCCC/C=C/[C@@H](O)[C@H](CO[C@@H]1OC(CO)[C@@H](O[C@@H]2OC(CO)[C@H](O[C@@H]3OC(CO)[C@H](O)[C@H](O[C@@H]4OC(CO)[C@H](O)[C@H](O)C4O)C3NC(C)=O)[C@H](O[C@]3(C(=O)O)CC(O)[C@@H](NC(C)=O)C([C@H](O)[C@H](O)CO)O3)C2O)[C@H](O)C1O)NC(=O)CCCCCCCCCCCCCCCCC. The Morgan fingerprint density at radius 1 is 0.486 bits per heavy atom. The predicted molar refractivity (Wildman–Crippen MR) is 378 cm³/mol. The summed E-state index contributed by atoms with van der Waals surface area (Å²) in [6.45, 7) is 0.317. The van der Waals surface area contributed by atoms with Gasteiger partial charge in [0, 0.05) is 26.7 Å². The summed E-state index contributed by atoms with van der Waals surface area (Å²) >= 11 is 0. The minimum absolute atomic E-state index is 0.135. The standard InChI is InChI=1S/C73H131N3O31/c1-5-7-9-11-13-15-17-19-20-22-24-26-28-30-32-34-52(87)76-44(45(84)33-31-29-27-25-23-21-18-16-14-12-10-8-6-2)41-98-69-61(94)59(92)63(50(39-80)101-69)103-71-62(95)67(107-73(72(96)97)35-46(85)53(74-42(3)82)66(106-73)55(88)47(86)36-77)64(51(40-81)102-71)104-68-54(75-43(4)83)65(57(90)49(38-79)99-68)105-70-60(93)58(91)56(89)48(37-78)100-70/h31,33,44-51,53-71,77-81,84-86,88-95H,5-30,32,34-41H2,1-4H3,(H,74,82)(H,75,83)(H,76,87)(H,96,97)/b33-31+/t44-,45+,46?,47+,48?,49?,50?,51?,53+,54?,55+,56-,57-,58-,59+,60?,61?,62?,63+,64-,65+,66?,67+,68-,69+,70-,71-,73-/m0/s1. The molecule has 0 bridgehead atoms. The highest BCUT2D eigenvalue weighted by atomic mass is 16.8. The molecule has 0 aromatic rings. The van der Waals surface area contributed by atoms with E-state index in [9.17, 15) is 106 Å². The maximum absolute atomic E-state index is 13.8. The van der Waals surface area contributed by atoms with Gasteiger partial charge < -0.3 is 150 Å². The Kier molecular flexibility index (Phi) is 44.0. The van der Waals surface area contributed by atoms with Gasteiger partial charge in [-0.15, -0.1) is 0 Å². The van der Waals surface area contributed by atoms with Crippen LogP contribution in [0.15, 0.2) is 12.2 Å². The number of carboxylic acid groups (broad SMARTS) is 1. The summed E-state index contributed by atoms with van der Waals surface area (Å²) in [5.74, 6) is -7.71. The molecule has 0 aromatic carbocycles. The molecule has 5 fully saturated rings. The number of hydrogen-bond donors (Lipinski definition) is 20. The number of nitrogens with one attached hydrogen (secondary N) is 3. The quantitative estimate of drug-likeness (QED) is 0.0255. The van der Waals surface area contributed by atoms with Crippen molar-refractivity contribution in [3.05, 3.63) is 12.2 Å². The molecule has 0 radical (unpaired) electrons. The molecule has 0 aromatic heterocycles. The van der Waals surface area contributed by atoms with Gasteiger partial charge in [-0.05, 0) is 19.3 Å². The summed E-state index contributed by atoms with van der Waals surface area (Å²) in [5.41, 5.74) is 0. The van der Waals surface area contributed by atoms with Gasteiger partial charge in [0.25, 0.3) is 5.79 Å². The number of carboxylic acids is 1. The number of unbranched alkanes of at least 4 members (excludes halogenated alkanes) is 25. The molecule has 34 heteroatoms. The van der Waals surface area contributed by atoms with E-state index in [0.717, 1.165) is 71.6 Å². The zero-order chi connectivity index (χ0) is 78.8. The molecule has 624 valence electrons. The molecule has 5 saturated heterocycles. The first kappa shape index (κ1) is 94.2. The number of hydrogen-bond acceptors (Lipinski definition) is 30. The van der Waals surface area contributed by atoms with Crippen LogP contribution in [0.1, 0.15) is 214 Å². The fourth-order valence-corrected chi connectivity index (χ4v) is 14.3. The lowest BCUT2D eigenvalue weighted by molar-refractivity contribution is -0.403. The molecular weight excluding hydrogens is 1410 g/mol. The van der Waals surface area contributed by atoms with Crippen LogP contribution in [0.5, 0.6) is 0 Å². The number of rotatable bonds is 52. The maximum atomic E-state index is 13.8. The summed E-state index contributed by atoms with van der Waals surface area (Å²) in [4.78, 5) is 53.0. The van der Waals surface area contributed by atoms with Crippen LogP contribution in [-0.4, -0.2) is 321 Å². The predicted octanol–water partition coefficient (Wildman–Crippen LogP) is -1.04. The summed E-state index contributed by atoms with van der Waals surface area (Å²) in [5, 5.41) is 197. The molecular formula is C73H131N3O31. The Balaban J connectivity index is 1.40. The van der Waals surface area contributed by atoms with Crippen LogP contribution >= 0.6 is 0 Å². The van der Waals surface area contributed by atoms with Crippen molar-refractivity contribution < 1.29 is 153 Å². The largest absolute Gasteiger partial charge is 0.477 e. The molecule has 0 saturated carbocycles. The fraction of sp³-hybridized carbons (Fsp3) is 0.918. The van der Waals surface area contributed by atoms with Gasteiger partial charge in [-0.1, -0.05) is 180 Å². The molecule has 5 aliphatic heterocycles. The van der Waals surface area contributed by atoms with E-state index >= 15 is 0 Å². The Bertz CT molecular complexity index is 2500. The van der Waals surface area contributed by atoms with Crippen LogP contribution < -0.4 is 16.0 Å². The summed E-state index contributed by atoms with van der Waals surface area (Å²) in [6.07, 6.45) is -16.8. The monoisotopic (exact) mass is 1550 g/mol. The summed E-state index contributed by atoms with van der Waals surface area (Å²) in [7, 11) is 0. The molecule has 5 heterocycles. The van der Waals surface area contributed by atoms with Crippen molar-refractivity contribution >= 4 is 23.7 Å². The lowest BCUT2D eigenvalue weighted by Gasteiger charge is -2.52. The van der Waals surface area contributed by atoms with E-state index in [1.807, 2.05) is 6.08 Å². The van der Waals surface area contributed by atoms with E-state index in [1.165, 1.54) is 103 Å². The van der Waals surface area contributed by atoms with Crippen molar-refractivity contribution in [2.75, 3.05) is 39.6 Å². The average Bonchev–Trinajstić information content (AvgIpc) is 0.750. The molecule has 0 spiro atoms. The van der Waals surface area contributed by atoms with Crippen LogP contribution in [0, 0.1) is 0 Å².